The molecule has 1 nitrogen and oxygen atoms in total. The number of aldehydes is 1. The van der Waals surface area contributed by atoms with Crippen molar-refractivity contribution in [2.45, 2.75) is 0 Å². The van der Waals surface area contributed by atoms with Gasteiger partial charge in [-0.15, -0.1) is 0 Å². The Morgan fingerprint density at radius 1 is 1.42 bits per heavy atom. The van der Waals surface area contributed by atoms with E-state index in [1.165, 1.54) is 18.2 Å². The van der Waals surface area contributed by atoms with E-state index in [1.54, 1.807) is 12.1 Å². The maximum Gasteiger partial charge on any atom is 0.142 e. The van der Waals surface area contributed by atoms with Crippen LogP contribution >= 0.6 is 15.9 Å². The normalized spacial score (nSPS) is 10.5. The number of carbonyl (C=O) groups is 1. The molecule has 3 heteroatoms. The van der Waals surface area contributed by atoms with E-state index in [0.717, 1.165) is 0 Å². The van der Waals surface area contributed by atoms with Crippen molar-refractivity contribution in [1.82, 2.24) is 0 Å². The van der Waals surface area contributed by atoms with Gasteiger partial charge in [0, 0.05) is 10.0 Å². The highest BCUT2D eigenvalue weighted by molar-refractivity contribution is 9.10. The first-order valence-corrected chi connectivity index (χ1v) is 4.10. The SMILES string of the molecule is O=CC=Cc1ccc(Br)cc1F. The summed E-state index contributed by atoms with van der Waals surface area (Å²) in [5.74, 6) is -0.345. The second-order valence-electron chi connectivity index (χ2n) is 2.16. The molecule has 0 aliphatic carbocycles. The van der Waals surface area contributed by atoms with Crippen molar-refractivity contribution in [3.63, 3.8) is 0 Å². The molecule has 0 amide bonds. The Hall–Kier alpha value is -0.960. The van der Waals surface area contributed by atoms with Crippen LogP contribution < -0.4 is 0 Å². The lowest BCUT2D eigenvalue weighted by atomic mass is 10.2. The molecule has 0 aliphatic heterocycles. The molecule has 0 heterocycles. The number of benzene rings is 1. The number of hydrogen-bond acceptors (Lipinski definition) is 1. The highest BCUT2D eigenvalue weighted by Crippen LogP contribution is 2.15. The summed E-state index contributed by atoms with van der Waals surface area (Å²) in [6.45, 7) is 0. The summed E-state index contributed by atoms with van der Waals surface area (Å²) < 4.78 is 13.7. The smallest absolute Gasteiger partial charge is 0.142 e. The topological polar surface area (TPSA) is 17.1 Å². The Morgan fingerprint density at radius 2 is 2.17 bits per heavy atom. The third-order valence-electron chi connectivity index (χ3n) is 1.32. The van der Waals surface area contributed by atoms with Gasteiger partial charge in [-0.2, -0.15) is 0 Å². The van der Waals surface area contributed by atoms with Crippen LogP contribution in [0, 0.1) is 5.82 Å². The van der Waals surface area contributed by atoms with Crippen LogP contribution in [0.1, 0.15) is 5.56 Å². The fourth-order valence-corrected chi connectivity index (χ4v) is 1.11. The average molecular weight is 229 g/mol. The van der Waals surface area contributed by atoms with Crippen molar-refractivity contribution in [3.05, 3.63) is 40.1 Å². The largest absolute Gasteiger partial charge is 0.299 e. The molecule has 0 saturated carbocycles. The van der Waals surface area contributed by atoms with Gasteiger partial charge in [0.15, 0.2) is 0 Å². The fraction of sp³-hybridized carbons (Fsp3) is 0. The van der Waals surface area contributed by atoms with E-state index >= 15 is 0 Å². The van der Waals surface area contributed by atoms with Crippen molar-refractivity contribution in [2.75, 3.05) is 0 Å². The molecule has 0 fully saturated rings. The average Bonchev–Trinajstić information content (AvgIpc) is 2.03. The number of rotatable bonds is 2. The maximum absolute atomic E-state index is 13.0. The summed E-state index contributed by atoms with van der Waals surface area (Å²) in [4.78, 5) is 9.94. The molecule has 1 rings (SSSR count). The standard InChI is InChI=1S/C9H6BrFO/c10-8-4-3-7(2-1-5-12)9(11)6-8/h1-6H. The van der Waals surface area contributed by atoms with Crippen molar-refractivity contribution in [3.8, 4) is 0 Å². The molecule has 0 spiro atoms. The van der Waals surface area contributed by atoms with Gasteiger partial charge < -0.3 is 0 Å². The van der Waals surface area contributed by atoms with Gasteiger partial charge in [0.05, 0.1) is 0 Å². The number of carbonyl (C=O) groups excluding carboxylic acids is 1. The Morgan fingerprint density at radius 3 is 2.75 bits per heavy atom. The molecule has 0 aromatic heterocycles. The van der Waals surface area contributed by atoms with Crippen LogP contribution in [0.2, 0.25) is 0 Å². The number of halogens is 2. The Kier molecular flexibility index (Phi) is 3.17. The summed E-state index contributed by atoms with van der Waals surface area (Å²) in [5, 5.41) is 0. The number of hydrogen-bond donors (Lipinski definition) is 0. The highest BCUT2D eigenvalue weighted by atomic mass is 79.9. The lowest BCUT2D eigenvalue weighted by Crippen LogP contribution is -1.80. The molecular weight excluding hydrogens is 223 g/mol. The maximum atomic E-state index is 13.0. The fourth-order valence-electron chi connectivity index (χ4n) is 0.780. The van der Waals surface area contributed by atoms with Crippen molar-refractivity contribution in [1.29, 1.82) is 0 Å². The zero-order chi connectivity index (χ0) is 8.97. The lowest BCUT2D eigenvalue weighted by Gasteiger charge is -1.95. The minimum atomic E-state index is -0.345. The van der Waals surface area contributed by atoms with Gasteiger partial charge in [0.25, 0.3) is 0 Å². The van der Waals surface area contributed by atoms with Gasteiger partial charge in [-0.3, -0.25) is 4.79 Å². The molecule has 12 heavy (non-hydrogen) atoms. The van der Waals surface area contributed by atoms with E-state index in [0.29, 0.717) is 16.3 Å². The van der Waals surface area contributed by atoms with Gasteiger partial charge in [-0.25, -0.2) is 4.39 Å². The van der Waals surface area contributed by atoms with Gasteiger partial charge in [0.1, 0.15) is 12.1 Å². The molecule has 0 atom stereocenters. The van der Waals surface area contributed by atoms with Crippen LogP contribution in [-0.4, -0.2) is 6.29 Å². The van der Waals surface area contributed by atoms with Crippen LogP contribution in [0.3, 0.4) is 0 Å². The van der Waals surface area contributed by atoms with Crippen molar-refractivity contribution < 1.29 is 9.18 Å². The van der Waals surface area contributed by atoms with E-state index < -0.39 is 0 Å². The molecule has 0 unspecified atom stereocenters. The first-order chi connectivity index (χ1) is 5.74. The third-order valence-corrected chi connectivity index (χ3v) is 1.81. The molecule has 0 bridgehead atoms. The molecule has 1 aromatic rings. The summed E-state index contributed by atoms with van der Waals surface area (Å²) in [6, 6.07) is 4.66. The van der Waals surface area contributed by atoms with Crippen LogP contribution in [0.5, 0.6) is 0 Å². The third kappa shape index (κ3) is 2.27. The molecule has 0 saturated heterocycles. The zero-order valence-electron chi connectivity index (χ0n) is 6.13. The Balaban J connectivity index is 3.01. The predicted molar refractivity (Wildman–Crippen MR) is 49.2 cm³/mol. The monoisotopic (exact) mass is 228 g/mol. The van der Waals surface area contributed by atoms with E-state index in [-0.39, 0.29) is 5.82 Å². The minimum Gasteiger partial charge on any atom is -0.299 e. The first-order valence-electron chi connectivity index (χ1n) is 3.31. The van der Waals surface area contributed by atoms with Crippen LogP contribution in [-0.2, 0) is 4.79 Å². The van der Waals surface area contributed by atoms with E-state index in [1.807, 2.05) is 0 Å². The lowest BCUT2D eigenvalue weighted by molar-refractivity contribution is -0.104. The van der Waals surface area contributed by atoms with Gasteiger partial charge in [-0.1, -0.05) is 22.0 Å². The highest BCUT2D eigenvalue weighted by Gasteiger charge is 1.97. The van der Waals surface area contributed by atoms with Gasteiger partial charge in [-0.05, 0) is 24.3 Å². The Bertz CT molecular complexity index is 320. The summed E-state index contributed by atoms with van der Waals surface area (Å²) in [7, 11) is 0. The Labute approximate surface area is 78.0 Å². The minimum absolute atomic E-state index is 0.345. The summed E-state index contributed by atoms with van der Waals surface area (Å²) >= 11 is 3.13. The van der Waals surface area contributed by atoms with Crippen LogP contribution in [0.15, 0.2) is 28.7 Å². The van der Waals surface area contributed by atoms with E-state index in [9.17, 15) is 9.18 Å². The van der Waals surface area contributed by atoms with Crippen LogP contribution in [0.4, 0.5) is 4.39 Å². The second-order valence-corrected chi connectivity index (χ2v) is 3.08. The number of allylic oxidation sites excluding steroid dienone is 1. The molecule has 62 valence electrons. The molecular formula is C9H6BrFO. The quantitative estimate of drug-likeness (QED) is 0.562. The summed E-state index contributed by atoms with van der Waals surface area (Å²) in [6.07, 6.45) is 3.29. The first kappa shape index (κ1) is 9.13. The second kappa shape index (κ2) is 4.16. The zero-order valence-corrected chi connectivity index (χ0v) is 7.71. The molecule has 0 radical (unpaired) electrons. The van der Waals surface area contributed by atoms with Crippen molar-refractivity contribution >= 4 is 28.3 Å². The molecule has 1 aromatic carbocycles. The van der Waals surface area contributed by atoms with E-state index in [4.69, 9.17) is 0 Å². The van der Waals surface area contributed by atoms with Gasteiger partial charge in [0.2, 0.25) is 0 Å². The van der Waals surface area contributed by atoms with Gasteiger partial charge >= 0.3 is 0 Å². The van der Waals surface area contributed by atoms with Crippen LogP contribution in [0.25, 0.3) is 6.08 Å². The summed E-state index contributed by atoms with van der Waals surface area (Å²) in [5.41, 5.74) is 0.408. The van der Waals surface area contributed by atoms with E-state index in [2.05, 4.69) is 15.9 Å². The predicted octanol–water partition coefficient (Wildman–Crippen LogP) is 2.80. The molecule has 0 aliphatic rings. The molecule has 0 N–H and O–H groups in total. The van der Waals surface area contributed by atoms with Crippen molar-refractivity contribution in [2.24, 2.45) is 0 Å².